The quantitative estimate of drug-likeness (QED) is 0.781. The molecule has 0 aliphatic rings. The Bertz CT molecular complexity index is 375. The first-order valence-electron chi connectivity index (χ1n) is 7.00. The highest BCUT2D eigenvalue weighted by molar-refractivity contribution is 5.28. The lowest BCUT2D eigenvalue weighted by molar-refractivity contribution is 0.232. The standard InChI is InChI=1S/C16H28N2O/c1-6-19-15-9-7-8-14(10-15)11-17-12-16(2,3)13-18(4)5/h7-10,17H,6,11-13H2,1-5H3. The van der Waals surface area contributed by atoms with Crippen LogP contribution in [0, 0.1) is 5.41 Å². The summed E-state index contributed by atoms with van der Waals surface area (Å²) in [5.41, 5.74) is 1.55. The van der Waals surface area contributed by atoms with E-state index in [4.69, 9.17) is 4.74 Å². The van der Waals surface area contributed by atoms with E-state index < -0.39 is 0 Å². The van der Waals surface area contributed by atoms with Crippen molar-refractivity contribution < 1.29 is 4.74 Å². The first-order valence-corrected chi connectivity index (χ1v) is 7.00. The van der Waals surface area contributed by atoms with E-state index in [1.807, 2.05) is 19.1 Å². The van der Waals surface area contributed by atoms with Crippen molar-refractivity contribution in [3.8, 4) is 5.75 Å². The zero-order valence-corrected chi connectivity index (χ0v) is 13.0. The van der Waals surface area contributed by atoms with Crippen LogP contribution in [0.2, 0.25) is 0 Å². The third-order valence-corrected chi connectivity index (χ3v) is 2.89. The Kier molecular flexibility index (Phi) is 6.32. The monoisotopic (exact) mass is 264 g/mol. The van der Waals surface area contributed by atoms with Crippen LogP contribution in [-0.2, 0) is 6.54 Å². The minimum absolute atomic E-state index is 0.279. The summed E-state index contributed by atoms with van der Waals surface area (Å²) < 4.78 is 5.51. The molecule has 0 unspecified atom stereocenters. The highest BCUT2D eigenvalue weighted by atomic mass is 16.5. The van der Waals surface area contributed by atoms with Crippen molar-refractivity contribution in [1.82, 2.24) is 10.2 Å². The van der Waals surface area contributed by atoms with Gasteiger partial charge in [0, 0.05) is 19.6 Å². The lowest BCUT2D eigenvalue weighted by Crippen LogP contribution is -2.37. The third kappa shape index (κ3) is 6.60. The van der Waals surface area contributed by atoms with E-state index in [1.54, 1.807) is 0 Å². The molecular weight excluding hydrogens is 236 g/mol. The maximum atomic E-state index is 5.51. The number of nitrogens with zero attached hydrogens (tertiary/aromatic N) is 1. The van der Waals surface area contributed by atoms with E-state index in [0.29, 0.717) is 6.61 Å². The molecule has 0 spiro atoms. The Hall–Kier alpha value is -1.06. The van der Waals surface area contributed by atoms with Crippen LogP contribution in [0.1, 0.15) is 26.3 Å². The number of rotatable bonds is 8. The number of nitrogens with one attached hydrogen (secondary N) is 1. The van der Waals surface area contributed by atoms with Gasteiger partial charge < -0.3 is 15.0 Å². The fourth-order valence-electron chi connectivity index (χ4n) is 2.37. The van der Waals surface area contributed by atoms with E-state index in [0.717, 1.165) is 25.4 Å². The third-order valence-electron chi connectivity index (χ3n) is 2.89. The molecule has 0 aliphatic heterocycles. The number of hydrogen-bond acceptors (Lipinski definition) is 3. The predicted molar refractivity (Wildman–Crippen MR) is 81.7 cm³/mol. The Morgan fingerprint density at radius 2 is 2.00 bits per heavy atom. The van der Waals surface area contributed by atoms with Gasteiger partial charge in [-0.2, -0.15) is 0 Å². The summed E-state index contributed by atoms with van der Waals surface area (Å²) in [6, 6.07) is 8.29. The van der Waals surface area contributed by atoms with Gasteiger partial charge in [-0.05, 0) is 44.1 Å². The molecule has 1 aromatic rings. The van der Waals surface area contributed by atoms with Gasteiger partial charge in [-0.3, -0.25) is 0 Å². The summed E-state index contributed by atoms with van der Waals surface area (Å²) in [6.07, 6.45) is 0. The van der Waals surface area contributed by atoms with Crippen LogP contribution in [0.5, 0.6) is 5.75 Å². The van der Waals surface area contributed by atoms with E-state index in [2.05, 4.69) is 50.3 Å². The maximum absolute atomic E-state index is 5.51. The molecule has 1 rings (SSSR count). The summed E-state index contributed by atoms with van der Waals surface area (Å²) >= 11 is 0. The summed E-state index contributed by atoms with van der Waals surface area (Å²) in [5, 5.41) is 3.53. The average molecular weight is 264 g/mol. The largest absolute Gasteiger partial charge is 0.494 e. The topological polar surface area (TPSA) is 24.5 Å². The second-order valence-corrected chi connectivity index (χ2v) is 6.09. The minimum Gasteiger partial charge on any atom is -0.494 e. The van der Waals surface area contributed by atoms with Gasteiger partial charge in [0.2, 0.25) is 0 Å². The second-order valence-electron chi connectivity index (χ2n) is 6.09. The molecule has 0 fully saturated rings. The van der Waals surface area contributed by atoms with Crippen LogP contribution in [0.3, 0.4) is 0 Å². The van der Waals surface area contributed by atoms with Crippen molar-refractivity contribution >= 4 is 0 Å². The smallest absolute Gasteiger partial charge is 0.119 e. The molecule has 0 aliphatic carbocycles. The van der Waals surface area contributed by atoms with Gasteiger partial charge in [0.1, 0.15) is 5.75 Å². The summed E-state index contributed by atoms with van der Waals surface area (Å²) in [4.78, 5) is 2.23. The summed E-state index contributed by atoms with van der Waals surface area (Å²) in [5.74, 6) is 0.953. The van der Waals surface area contributed by atoms with Gasteiger partial charge in [-0.15, -0.1) is 0 Å². The SMILES string of the molecule is CCOc1cccc(CNCC(C)(C)CN(C)C)c1. The van der Waals surface area contributed by atoms with Crippen molar-refractivity contribution in [2.75, 3.05) is 33.8 Å². The Labute approximate surface area is 118 Å². The zero-order valence-electron chi connectivity index (χ0n) is 13.0. The van der Waals surface area contributed by atoms with Crippen molar-refractivity contribution in [3.63, 3.8) is 0 Å². The minimum atomic E-state index is 0.279. The molecule has 1 N–H and O–H groups in total. The van der Waals surface area contributed by atoms with Gasteiger partial charge in [-0.1, -0.05) is 26.0 Å². The molecule has 0 radical (unpaired) electrons. The van der Waals surface area contributed by atoms with Crippen LogP contribution < -0.4 is 10.1 Å². The molecule has 0 saturated heterocycles. The van der Waals surface area contributed by atoms with E-state index in [9.17, 15) is 0 Å². The molecule has 1 aromatic carbocycles. The van der Waals surface area contributed by atoms with Crippen LogP contribution in [0.25, 0.3) is 0 Å². The number of benzene rings is 1. The second kappa shape index (κ2) is 7.51. The number of ether oxygens (including phenoxy) is 1. The molecule has 19 heavy (non-hydrogen) atoms. The van der Waals surface area contributed by atoms with Crippen LogP contribution >= 0.6 is 0 Å². The van der Waals surface area contributed by atoms with Gasteiger partial charge in [0.25, 0.3) is 0 Å². The predicted octanol–water partition coefficient (Wildman–Crippen LogP) is 2.76. The van der Waals surface area contributed by atoms with Crippen LogP contribution in [0.15, 0.2) is 24.3 Å². The Morgan fingerprint density at radius 1 is 1.26 bits per heavy atom. The summed E-state index contributed by atoms with van der Waals surface area (Å²) in [6.45, 7) is 10.3. The lowest BCUT2D eigenvalue weighted by atomic mass is 9.93. The van der Waals surface area contributed by atoms with Crippen molar-refractivity contribution in [3.05, 3.63) is 29.8 Å². The number of hydrogen-bond donors (Lipinski definition) is 1. The Balaban J connectivity index is 2.42. The molecule has 0 amide bonds. The molecular formula is C16H28N2O. The van der Waals surface area contributed by atoms with Gasteiger partial charge >= 0.3 is 0 Å². The van der Waals surface area contributed by atoms with Gasteiger partial charge in [0.15, 0.2) is 0 Å². The van der Waals surface area contributed by atoms with Crippen LogP contribution in [-0.4, -0.2) is 38.7 Å². The van der Waals surface area contributed by atoms with E-state index >= 15 is 0 Å². The lowest BCUT2D eigenvalue weighted by Gasteiger charge is -2.28. The molecule has 0 bridgehead atoms. The maximum Gasteiger partial charge on any atom is 0.119 e. The Morgan fingerprint density at radius 3 is 2.63 bits per heavy atom. The average Bonchev–Trinajstić information content (AvgIpc) is 2.27. The van der Waals surface area contributed by atoms with Crippen molar-refractivity contribution in [1.29, 1.82) is 0 Å². The normalized spacial score (nSPS) is 11.9. The highest BCUT2D eigenvalue weighted by Gasteiger charge is 2.17. The highest BCUT2D eigenvalue weighted by Crippen LogP contribution is 2.16. The molecule has 0 aromatic heterocycles. The molecule has 3 nitrogen and oxygen atoms in total. The van der Waals surface area contributed by atoms with E-state index in [-0.39, 0.29) is 5.41 Å². The molecule has 108 valence electrons. The van der Waals surface area contributed by atoms with Crippen LogP contribution in [0.4, 0.5) is 0 Å². The zero-order chi connectivity index (χ0) is 14.3. The summed E-state index contributed by atoms with van der Waals surface area (Å²) in [7, 11) is 4.24. The molecule has 0 atom stereocenters. The molecule has 0 saturated carbocycles. The van der Waals surface area contributed by atoms with Gasteiger partial charge in [-0.25, -0.2) is 0 Å². The molecule has 3 heteroatoms. The fraction of sp³-hybridized carbons (Fsp3) is 0.625. The van der Waals surface area contributed by atoms with E-state index in [1.165, 1.54) is 5.56 Å². The first kappa shape index (κ1) is 16.0. The fourth-order valence-corrected chi connectivity index (χ4v) is 2.37. The molecule has 0 heterocycles. The van der Waals surface area contributed by atoms with Gasteiger partial charge in [0.05, 0.1) is 6.61 Å². The van der Waals surface area contributed by atoms with Crippen molar-refractivity contribution in [2.45, 2.75) is 27.3 Å². The first-order chi connectivity index (χ1) is 8.93. The van der Waals surface area contributed by atoms with Crippen molar-refractivity contribution in [2.24, 2.45) is 5.41 Å².